The molecule has 0 unspecified atom stereocenters. The number of aromatic nitrogens is 1. The van der Waals surface area contributed by atoms with E-state index in [4.69, 9.17) is 0 Å². The van der Waals surface area contributed by atoms with Gasteiger partial charge in [0, 0.05) is 10.6 Å². The van der Waals surface area contributed by atoms with Crippen molar-refractivity contribution in [1.82, 2.24) is 4.98 Å². The molecule has 0 amide bonds. The molecule has 0 bridgehead atoms. The van der Waals surface area contributed by atoms with E-state index >= 15 is 0 Å². The topological polar surface area (TPSA) is 12.9 Å². The minimum atomic E-state index is 1.09. The number of aryl methyl sites for hydroxylation is 2. The highest BCUT2D eigenvalue weighted by Gasteiger charge is 2.04. The smallest absolute Gasteiger partial charge is 0.0804 e. The van der Waals surface area contributed by atoms with E-state index in [-0.39, 0.29) is 0 Å². The van der Waals surface area contributed by atoms with Gasteiger partial charge in [0.2, 0.25) is 0 Å². The fourth-order valence-electron chi connectivity index (χ4n) is 2.06. The molecule has 96 valence electrons. The Morgan fingerprint density at radius 1 is 1.06 bits per heavy atom. The van der Waals surface area contributed by atoms with Crippen LogP contribution in [0.2, 0.25) is 0 Å². The van der Waals surface area contributed by atoms with Crippen molar-refractivity contribution in [3.8, 4) is 10.6 Å². The molecule has 0 aromatic carbocycles. The van der Waals surface area contributed by atoms with Crippen molar-refractivity contribution in [2.45, 2.75) is 46.0 Å². The molecule has 2 heterocycles. The maximum Gasteiger partial charge on any atom is 0.0804 e. The molecule has 2 aromatic rings. The van der Waals surface area contributed by atoms with E-state index in [1.807, 2.05) is 24.3 Å². The number of rotatable bonds is 6. The highest BCUT2D eigenvalue weighted by atomic mass is 32.1. The Kier molecular flexibility index (Phi) is 4.94. The van der Waals surface area contributed by atoms with Crippen molar-refractivity contribution in [2.75, 3.05) is 0 Å². The quantitative estimate of drug-likeness (QED) is 0.646. The number of unbranched alkanes of at least 4 members (excludes halogenated alkanes) is 3. The van der Waals surface area contributed by atoms with Crippen LogP contribution in [0.4, 0.5) is 0 Å². The lowest BCUT2D eigenvalue weighted by Crippen LogP contribution is -1.82. The van der Waals surface area contributed by atoms with Crippen LogP contribution in [0, 0.1) is 6.92 Å². The first-order chi connectivity index (χ1) is 8.79. The van der Waals surface area contributed by atoms with Gasteiger partial charge in [-0.25, -0.2) is 0 Å². The summed E-state index contributed by atoms with van der Waals surface area (Å²) in [5, 5.41) is 0. The number of hydrogen-bond acceptors (Lipinski definition) is 2. The lowest BCUT2D eigenvalue weighted by atomic mass is 10.1. The Balaban J connectivity index is 1.97. The fourth-order valence-corrected chi connectivity index (χ4v) is 3.08. The Labute approximate surface area is 114 Å². The van der Waals surface area contributed by atoms with E-state index in [9.17, 15) is 0 Å². The average Bonchev–Trinajstić information content (AvgIpc) is 2.83. The van der Waals surface area contributed by atoms with E-state index in [1.54, 1.807) is 0 Å². The van der Waals surface area contributed by atoms with E-state index in [2.05, 4.69) is 36.2 Å². The van der Waals surface area contributed by atoms with Crippen LogP contribution in [0.15, 0.2) is 30.3 Å². The van der Waals surface area contributed by atoms with Gasteiger partial charge in [0.1, 0.15) is 0 Å². The molecule has 0 spiro atoms. The molecule has 0 aliphatic rings. The molecular formula is C16H21NS. The third kappa shape index (κ3) is 3.67. The van der Waals surface area contributed by atoms with Crippen LogP contribution in [0.25, 0.3) is 10.6 Å². The first kappa shape index (κ1) is 13.3. The standard InChI is InChI=1S/C16H21NS/c1-3-4-5-6-9-14-11-12-16(18-14)15-10-7-8-13(2)17-15/h7-8,10-12H,3-6,9H2,1-2H3. The van der Waals surface area contributed by atoms with Crippen LogP contribution in [0.1, 0.15) is 43.2 Å². The molecular weight excluding hydrogens is 238 g/mol. The third-order valence-corrected chi connectivity index (χ3v) is 4.25. The maximum atomic E-state index is 4.58. The second kappa shape index (κ2) is 6.69. The van der Waals surface area contributed by atoms with Crippen molar-refractivity contribution < 1.29 is 0 Å². The van der Waals surface area contributed by atoms with Crippen molar-refractivity contribution in [3.05, 3.63) is 40.9 Å². The lowest BCUT2D eigenvalue weighted by Gasteiger charge is -1.98. The summed E-state index contributed by atoms with van der Waals surface area (Å²) in [5.41, 5.74) is 2.20. The van der Waals surface area contributed by atoms with Crippen molar-refractivity contribution in [3.63, 3.8) is 0 Å². The van der Waals surface area contributed by atoms with Crippen molar-refractivity contribution >= 4 is 11.3 Å². The SMILES string of the molecule is CCCCCCc1ccc(-c2cccc(C)n2)s1. The first-order valence-corrected chi connectivity index (χ1v) is 7.64. The molecule has 0 aliphatic carbocycles. The summed E-state index contributed by atoms with van der Waals surface area (Å²) < 4.78 is 0. The Bertz CT molecular complexity index is 487. The van der Waals surface area contributed by atoms with Gasteiger partial charge in [-0.05, 0) is 44.0 Å². The van der Waals surface area contributed by atoms with Gasteiger partial charge in [-0.15, -0.1) is 11.3 Å². The Hall–Kier alpha value is -1.15. The minimum Gasteiger partial charge on any atom is -0.252 e. The van der Waals surface area contributed by atoms with Gasteiger partial charge in [0.15, 0.2) is 0 Å². The van der Waals surface area contributed by atoms with E-state index in [0.717, 1.165) is 11.4 Å². The highest BCUT2D eigenvalue weighted by Crippen LogP contribution is 2.27. The van der Waals surface area contributed by atoms with E-state index in [1.165, 1.54) is 41.9 Å². The molecule has 0 saturated carbocycles. The monoisotopic (exact) mass is 259 g/mol. The zero-order valence-corrected chi connectivity index (χ0v) is 12.1. The first-order valence-electron chi connectivity index (χ1n) is 6.82. The number of pyridine rings is 1. The fraction of sp³-hybridized carbons (Fsp3) is 0.438. The molecule has 0 fully saturated rings. The Morgan fingerprint density at radius 2 is 1.94 bits per heavy atom. The summed E-state index contributed by atoms with van der Waals surface area (Å²) >= 11 is 1.89. The summed E-state index contributed by atoms with van der Waals surface area (Å²) in [7, 11) is 0. The molecule has 0 radical (unpaired) electrons. The average molecular weight is 259 g/mol. The second-order valence-corrected chi connectivity index (χ2v) is 5.91. The van der Waals surface area contributed by atoms with Gasteiger partial charge < -0.3 is 0 Å². The third-order valence-electron chi connectivity index (χ3n) is 3.08. The zero-order chi connectivity index (χ0) is 12.8. The van der Waals surface area contributed by atoms with E-state index in [0.29, 0.717) is 0 Å². The zero-order valence-electron chi connectivity index (χ0n) is 11.3. The van der Waals surface area contributed by atoms with Crippen molar-refractivity contribution in [1.29, 1.82) is 0 Å². The molecule has 0 saturated heterocycles. The van der Waals surface area contributed by atoms with Crippen LogP contribution < -0.4 is 0 Å². The molecule has 0 N–H and O–H groups in total. The molecule has 0 aliphatic heterocycles. The van der Waals surface area contributed by atoms with Gasteiger partial charge in [0.25, 0.3) is 0 Å². The normalized spacial score (nSPS) is 10.8. The van der Waals surface area contributed by atoms with Crippen molar-refractivity contribution in [2.24, 2.45) is 0 Å². The van der Waals surface area contributed by atoms with Gasteiger partial charge in [-0.1, -0.05) is 32.3 Å². The summed E-state index contributed by atoms with van der Waals surface area (Å²) in [6.07, 6.45) is 6.55. The summed E-state index contributed by atoms with van der Waals surface area (Å²) in [6.45, 7) is 4.30. The molecule has 18 heavy (non-hydrogen) atoms. The maximum absolute atomic E-state index is 4.58. The number of hydrogen-bond donors (Lipinski definition) is 0. The molecule has 0 atom stereocenters. The Morgan fingerprint density at radius 3 is 2.72 bits per heavy atom. The van der Waals surface area contributed by atoms with Crippen LogP contribution in [0.5, 0.6) is 0 Å². The minimum absolute atomic E-state index is 1.09. The number of nitrogens with zero attached hydrogens (tertiary/aromatic N) is 1. The van der Waals surface area contributed by atoms with Crippen LogP contribution >= 0.6 is 11.3 Å². The molecule has 2 aromatic heterocycles. The van der Waals surface area contributed by atoms with Crippen LogP contribution in [-0.2, 0) is 6.42 Å². The summed E-state index contributed by atoms with van der Waals surface area (Å²) in [4.78, 5) is 7.36. The second-order valence-electron chi connectivity index (χ2n) is 4.74. The predicted octanol–water partition coefficient (Wildman–Crippen LogP) is 5.24. The predicted molar refractivity (Wildman–Crippen MR) is 80.1 cm³/mol. The summed E-state index contributed by atoms with van der Waals surface area (Å²) in [6, 6.07) is 10.7. The summed E-state index contributed by atoms with van der Waals surface area (Å²) in [5.74, 6) is 0. The van der Waals surface area contributed by atoms with Gasteiger partial charge in [-0.3, -0.25) is 4.98 Å². The van der Waals surface area contributed by atoms with Gasteiger partial charge in [0.05, 0.1) is 10.6 Å². The highest BCUT2D eigenvalue weighted by molar-refractivity contribution is 7.15. The van der Waals surface area contributed by atoms with Gasteiger partial charge in [-0.2, -0.15) is 0 Å². The van der Waals surface area contributed by atoms with E-state index < -0.39 is 0 Å². The van der Waals surface area contributed by atoms with Gasteiger partial charge >= 0.3 is 0 Å². The lowest BCUT2D eigenvalue weighted by molar-refractivity contribution is 0.670. The van der Waals surface area contributed by atoms with Crippen LogP contribution in [0.3, 0.4) is 0 Å². The molecule has 1 nitrogen and oxygen atoms in total. The number of thiophene rings is 1. The molecule has 2 rings (SSSR count). The molecule has 2 heteroatoms. The largest absolute Gasteiger partial charge is 0.252 e. The van der Waals surface area contributed by atoms with Crippen LogP contribution in [-0.4, -0.2) is 4.98 Å².